The molecule has 0 spiro atoms. The number of hydrogen-bond acceptors (Lipinski definition) is 3. The van der Waals surface area contributed by atoms with Crippen molar-refractivity contribution in [2.75, 3.05) is 0 Å². The van der Waals surface area contributed by atoms with Crippen LogP contribution in [0.3, 0.4) is 0 Å². The Morgan fingerprint density at radius 3 is 2.80 bits per heavy atom. The summed E-state index contributed by atoms with van der Waals surface area (Å²) in [7, 11) is 1.44. The van der Waals surface area contributed by atoms with E-state index in [4.69, 9.17) is 0 Å². The lowest BCUT2D eigenvalue weighted by Gasteiger charge is -2.01. The van der Waals surface area contributed by atoms with Gasteiger partial charge in [0.05, 0.1) is 11.3 Å². The van der Waals surface area contributed by atoms with Crippen LogP contribution in [-0.4, -0.2) is 18.9 Å². The molecule has 102 valence electrons. The summed E-state index contributed by atoms with van der Waals surface area (Å²) in [5.41, 5.74) is 1.82. The molecular formula is C13H11IN4O2. The van der Waals surface area contributed by atoms with Gasteiger partial charge in [0.25, 0.3) is 5.56 Å². The van der Waals surface area contributed by atoms with Crippen molar-refractivity contribution < 1.29 is 0 Å². The summed E-state index contributed by atoms with van der Waals surface area (Å²) in [6.45, 7) is 1.90. The minimum atomic E-state index is -0.435. The molecule has 0 aliphatic rings. The molecule has 20 heavy (non-hydrogen) atoms. The molecule has 7 heteroatoms. The third kappa shape index (κ3) is 1.89. The second-order valence-electron chi connectivity index (χ2n) is 4.49. The number of pyridine rings is 1. The lowest BCUT2D eigenvalue weighted by Crippen LogP contribution is -2.33. The number of halogens is 1. The Hall–Kier alpha value is -1.90. The SMILES string of the molecule is Cc1c(-c2c[nH]c(=O)n(C)c2=O)nc2ccc(I)cn12. The lowest BCUT2D eigenvalue weighted by molar-refractivity contribution is 0.777. The Labute approximate surface area is 127 Å². The zero-order valence-corrected chi connectivity index (χ0v) is 13.0. The van der Waals surface area contributed by atoms with E-state index >= 15 is 0 Å². The third-order valence-electron chi connectivity index (χ3n) is 3.26. The molecular weight excluding hydrogens is 371 g/mol. The maximum atomic E-state index is 12.2. The molecule has 0 saturated heterocycles. The number of aromatic nitrogens is 4. The van der Waals surface area contributed by atoms with E-state index in [9.17, 15) is 9.59 Å². The van der Waals surface area contributed by atoms with Crippen molar-refractivity contribution in [2.24, 2.45) is 7.05 Å². The summed E-state index contributed by atoms with van der Waals surface area (Å²) >= 11 is 2.22. The fraction of sp³-hybridized carbons (Fsp3) is 0.154. The second kappa shape index (κ2) is 4.58. The molecule has 0 unspecified atom stereocenters. The van der Waals surface area contributed by atoms with Gasteiger partial charge in [-0.25, -0.2) is 9.78 Å². The van der Waals surface area contributed by atoms with Crippen LogP contribution in [0.4, 0.5) is 0 Å². The molecule has 3 aromatic rings. The van der Waals surface area contributed by atoms with E-state index in [1.165, 1.54) is 13.2 Å². The van der Waals surface area contributed by atoms with Crippen molar-refractivity contribution in [3.63, 3.8) is 0 Å². The summed E-state index contributed by atoms with van der Waals surface area (Å²) in [5, 5.41) is 0. The van der Waals surface area contributed by atoms with Crippen molar-refractivity contribution >= 4 is 28.2 Å². The maximum absolute atomic E-state index is 12.2. The van der Waals surface area contributed by atoms with Gasteiger partial charge in [0.1, 0.15) is 5.65 Å². The molecule has 6 nitrogen and oxygen atoms in total. The van der Waals surface area contributed by atoms with Crippen LogP contribution in [0.1, 0.15) is 5.69 Å². The number of H-pyrrole nitrogens is 1. The number of hydrogen-bond donors (Lipinski definition) is 1. The first-order valence-electron chi connectivity index (χ1n) is 5.92. The zero-order valence-electron chi connectivity index (χ0n) is 10.8. The normalized spacial score (nSPS) is 11.2. The van der Waals surface area contributed by atoms with Crippen molar-refractivity contribution in [3.8, 4) is 11.3 Å². The van der Waals surface area contributed by atoms with E-state index in [2.05, 4.69) is 32.6 Å². The van der Waals surface area contributed by atoms with E-state index in [1.807, 2.05) is 29.7 Å². The minimum absolute atomic E-state index is 0.352. The molecule has 0 bridgehead atoms. The molecule has 3 rings (SSSR count). The molecule has 3 aromatic heterocycles. The monoisotopic (exact) mass is 382 g/mol. The van der Waals surface area contributed by atoms with E-state index in [0.717, 1.165) is 19.5 Å². The Morgan fingerprint density at radius 2 is 2.05 bits per heavy atom. The number of nitrogens with zero attached hydrogens (tertiary/aromatic N) is 3. The molecule has 0 amide bonds. The molecule has 0 atom stereocenters. The number of rotatable bonds is 1. The van der Waals surface area contributed by atoms with Crippen LogP contribution in [0.2, 0.25) is 0 Å². The van der Waals surface area contributed by atoms with Gasteiger partial charge in [0.2, 0.25) is 0 Å². The Kier molecular flexibility index (Phi) is 3.00. The van der Waals surface area contributed by atoms with Crippen LogP contribution >= 0.6 is 22.6 Å². The van der Waals surface area contributed by atoms with Crippen LogP contribution in [0.5, 0.6) is 0 Å². The van der Waals surface area contributed by atoms with Gasteiger partial charge in [-0.1, -0.05) is 0 Å². The lowest BCUT2D eigenvalue weighted by atomic mass is 10.2. The Morgan fingerprint density at radius 1 is 1.30 bits per heavy atom. The fourth-order valence-corrected chi connectivity index (χ4v) is 2.58. The van der Waals surface area contributed by atoms with Gasteiger partial charge in [0.15, 0.2) is 0 Å². The predicted molar refractivity (Wildman–Crippen MR) is 83.9 cm³/mol. The van der Waals surface area contributed by atoms with Crippen molar-refractivity contribution in [1.29, 1.82) is 0 Å². The zero-order chi connectivity index (χ0) is 14.4. The highest BCUT2D eigenvalue weighted by Crippen LogP contribution is 2.21. The standard InChI is InChI=1S/C13H11IN4O2/c1-7-11(9-5-15-13(20)17(2)12(9)19)16-10-4-3-8(14)6-18(7)10/h3-6H,1-2H3,(H,15,20). The van der Waals surface area contributed by atoms with E-state index in [-0.39, 0.29) is 5.56 Å². The summed E-state index contributed by atoms with van der Waals surface area (Å²) in [4.78, 5) is 30.6. The van der Waals surface area contributed by atoms with Crippen LogP contribution in [0.25, 0.3) is 16.9 Å². The van der Waals surface area contributed by atoms with Crippen molar-refractivity contribution in [3.05, 3.63) is 54.6 Å². The van der Waals surface area contributed by atoms with Gasteiger partial charge >= 0.3 is 5.69 Å². The number of aryl methyl sites for hydroxylation is 1. The summed E-state index contributed by atoms with van der Waals surface area (Å²) < 4.78 is 4.06. The molecule has 0 aromatic carbocycles. The molecule has 0 aliphatic heterocycles. The second-order valence-corrected chi connectivity index (χ2v) is 5.74. The number of nitrogens with one attached hydrogen (secondary N) is 1. The number of fused-ring (bicyclic) bond motifs is 1. The van der Waals surface area contributed by atoms with Gasteiger partial charge in [-0.3, -0.25) is 9.36 Å². The smallest absolute Gasteiger partial charge is 0.313 e. The number of imidazole rings is 1. The van der Waals surface area contributed by atoms with Gasteiger partial charge in [-0.2, -0.15) is 0 Å². The van der Waals surface area contributed by atoms with Gasteiger partial charge in [-0.15, -0.1) is 0 Å². The highest BCUT2D eigenvalue weighted by Gasteiger charge is 2.15. The molecule has 0 fully saturated rings. The predicted octanol–water partition coefficient (Wildman–Crippen LogP) is 1.30. The Balaban J connectivity index is 2.36. The highest BCUT2D eigenvalue weighted by atomic mass is 127. The largest absolute Gasteiger partial charge is 0.328 e. The van der Waals surface area contributed by atoms with Crippen LogP contribution in [0, 0.1) is 10.5 Å². The molecule has 0 radical (unpaired) electrons. The first-order chi connectivity index (χ1) is 9.49. The Bertz CT molecular complexity index is 936. The molecule has 0 aliphatic carbocycles. The average Bonchev–Trinajstić information content (AvgIpc) is 2.74. The first kappa shape index (κ1) is 13.1. The van der Waals surface area contributed by atoms with Crippen LogP contribution < -0.4 is 11.2 Å². The van der Waals surface area contributed by atoms with Gasteiger partial charge < -0.3 is 9.38 Å². The van der Waals surface area contributed by atoms with E-state index < -0.39 is 5.69 Å². The van der Waals surface area contributed by atoms with Crippen molar-refractivity contribution in [2.45, 2.75) is 6.92 Å². The van der Waals surface area contributed by atoms with Gasteiger partial charge in [-0.05, 0) is 41.6 Å². The highest BCUT2D eigenvalue weighted by molar-refractivity contribution is 14.1. The first-order valence-corrected chi connectivity index (χ1v) is 7.00. The maximum Gasteiger partial charge on any atom is 0.328 e. The van der Waals surface area contributed by atoms with Gasteiger partial charge in [0, 0.05) is 28.7 Å². The summed E-state index contributed by atoms with van der Waals surface area (Å²) in [6.07, 6.45) is 3.38. The van der Waals surface area contributed by atoms with Crippen LogP contribution in [0.15, 0.2) is 34.1 Å². The fourth-order valence-electron chi connectivity index (χ4n) is 2.13. The van der Waals surface area contributed by atoms with E-state index in [1.54, 1.807) is 0 Å². The molecule has 0 saturated carbocycles. The minimum Gasteiger partial charge on any atom is -0.313 e. The van der Waals surface area contributed by atoms with Crippen molar-refractivity contribution in [1.82, 2.24) is 18.9 Å². The van der Waals surface area contributed by atoms with E-state index in [0.29, 0.717) is 11.3 Å². The molecule has 1 N–H and O–H groups in total. The summed E-state index contributed by atoms with van der Waals surface area (Å²) in [6, 6.07) is 3.85. The third-order valence-corrected chi connectivity index (χ3v) is 3.89. The number of aromatic amines is 1. The molecule has 3 heterocycles. The topological polar surface area (TPSA) is 72.2 Å². The average molecular weight is 382 g/mol. The van der Waals surface area contributed by atoms with Crippen LogP contribution in [-0.2, 0) is 7.05 Å². The quantitative estimate of drug-likeness (QED) is 0.645. The summed E-state index contributed by atoms with van der Waals surface area (Å²) in [5.74, 6) is 0.